The molecular formula is C17H22FN5O. The fraction of sp³-hybridized carbons (Fsp3) is 0.294. The van der Waals surface area contributed by atoms with Crippen molar-refractivity contribution in [3.8, 4) is 0 Å². The minimum atomic E-state index is -0.538. The third-order valence-corrected chi connectivity index (χ3v) is 3.40. The number of hydrazone groups is 1. The molecule has 0 atom stereocenters. The molecule has 0 bridgehead atoms. The van der Waals surface area contributed by atoms with Crippen molar-refractivity contribution in [2.75, 3.05) is 26.3 Å². The highest BCUT2D eigenvalue weighted by Crippen LogP contribution is 2.16. The van der Waals surface area contributed by atoms with Gasteiger partial charge in [-0.05, 0) is 18.6 Å². The standard InChI is InChI=1S/C17H22FN5O/c1-3-15(18)16(23-8-10-24-11-9-23)21-17(19)22-20-12-14-6-4-13(2)5-7-14/h3-7,12H,1,8-11H2,2H3,(H3,19,21,22)/b16-15-,20-12+. The molecule has 1 aliphatic heterocycles. The summed E-state index contributed by atoms with van der Waals surface area (Å²) in [5.41, 5.74) is 10.5. The predicted octanol–water partition coefficient (Wildman–Crippen LogP) is 1.89. The average Bonchev–Trinajstić information content (AvgIpc) is 2.61. The molecule has 24 heavy (non-hydrogen) atoms. The van der Waals surface area contributed by atoms with Gasteiger partial charge in [-0.15, -0.1) is 0 Å². The van der Waals surface area contributed by atoms with Crippen LogP contribution in [0, 0.1) is 6.92 Å². The molecular weight excluding hydrogens is 309 g/mol. The molecule has 7 heteroatoms. The molecule has 1 saturated heterocycles. The van der Waals surface area contributed by atoms with E-state index in [2.05, 4.69) is 22.1 Å². The quantitative estimate of drug-likeness (QED) is 0.374. The predicted molar refractivity (Wildman–Crippen MR) is 94.3 cm³/mol. The second-order valence-corrected chi connectivity index (χ2v) is 5.25. The van der Waals surface area contributed by atoms with E-state index in [4.69, 9.17) is 10.5 Å². The van der Waals surface area contributed by atoms with Gasteiger partial charge >= 0.3 is 0 Å². The number of guanidine groups is 1. The molecule has 0 radical (unpaired) electrons. The second kappa shape index (κ2) is 8.83. The third kappa shape index (κ3) is 5.20. The maximum absolute atomic E-state index is 14.0. The van der Waals surface area contributed by atoms with Crippen molar-refractivity contribution in [2.45, 2.75) is 6.92 Å². The van der Waals surface area contributed by atoms with Crippen LogP contribution in [0.25, 0.3) is 0 Å². The van der Waals surface area contributed by atoms with Crippen molar-refractivity contribution in [1.82, 2.24) is 10.3 Å². The molecule has 1 aromatic rings. The van der Waals surface area contributed by atoms with E-state index in [9.17, 15) is 4.39 Å². The number of nitrogens with two attached hydrogens (primary N) is 1. The fourth-order valence-corrected chi connectivity index (χ4v) is 2.11. The van der Waals surface area contributed by atoms with E-state index in [1.165, 1.54) is 5.56 Å². The summed E-state index contributed by atoms with van der Waals surface area (Å²) in [4.78, 5) is 5.85. The third-order valence-electron chi connectivity index (χ3n) is 3.40. The minimum absolute atomic E-state index is 0.00291. The van der Waals surface area contributed by atoms with Gasteiger partial charge in [0.2, 0.25) is 5.96 Å². The first-order valence-corrected chi connectivity index (χ1v) is 7.65. The Kier molecular flexibility index (Phi) is 6.51. The highest BCUT2D eigenvalue weighted by Gasteiger charge is 2.17. The number of ether oxygens (including phenoxy) is 1. The topological polar surface area (TPSA) is 75.2 Å². The van der Waals surface area contributed by atoms with Gasteiger partial charge in [0.15, 0.2) is 11.6 Å². The lowest BCUT2D eigenvalue weighted by Gasteiger charge is -2.28. The number of benzene rings is 1. The summed E-state index contributed by atoms with van der Waals surface area (Å²) >= 11 is 0. The van der Waals surface area contributed by atoms with Crippen LogP contribution in [0.1, 0.15) is 11.1 Å². The van der Waals surface area contributed by atoms with Gasteiger partial charge in [-0.3, -0.25) is 0 Å². The van der Waals surface area contributed by atoms with Gasteiger partial charge in [-0.1, -0.05) is 36.4 Å². The van der Waals surface area contributed by atoms with Crippen LogP contribution in [-0.4, -0.2) is 43.4 Å². The summed E-state index contributed by atoms with van der Waals surface area (Å²) in [5, 5.41) is 4.01. The number of hydrogen-bond acceptors (Lipinski definition) is 4. The molecule has 0 saturated carbocycles. The summed E-state index contributed by atoms with van der Waals surface area (Å²) in [5.74, 6) is -0.412. The lowest BCUT2D eigenvalue weighted by molar-refractivity contribution is 0.0520. The lowest BCUT2D eigenvalue weighted by atomic mass is 10.2. The average molecular weight is 331 g/mol. The number of aliphatic imine (C=N–C) groups is 1. The minimum Gasteiger partial charge on any atom is -0.378 e. The van der Waals surface area contributed by atoms with Crippen LogP contribution < -0.4 is 11.2 Å². The van der Waals surface area contributed by atoms with Crippen molar-refractivity contribution < 1.29 is 9.13 Å². The number of rotatable bonds is 5. The van der Waals surface area contributed by atoms with Crippen LogP contribution in [0.3, 0.4) is 0 Å². The van der Waals surface area contributed by atoms with E-state index in [-0.39, 0.29) is 11.8 Å². The maximum Gasteiger partial charge on any atom is 0.216 e. The zero-order valence-corrected chi connectivity index (χ0v) is 13.7. The van der Waals surface area contributed by atoms with Crippen molar-refractivity contribution in [1.29, 1.82) is 0 Å². The summed E-state index contributed by atoms with van der Waals surface area (Å²) in [6, 6.07) is 7.84. The molecule has 0 unspecified atom stereocenters. The molecule has 0 spiro atoms. The Morgan fingerprint density at radius 2 is 2.00 bits per heavy atom. The Hall–Kier alpha value is -2.67. The van der Waals surface area contributed by atoms with Crippen LogP contribution in [0.4, 0.5) is 4.39 Å². The Bertz CT molecular complexity index is 645. The molecule has 1 fully saturated rings. The molecule has 3 N–H and O–H groups in total. The van der Waals surface area contributed by atoms with Crippen LogP contribution in [0.5, 0.6) is 0 Å². The van der Waals surface area contributed by atoms with E-state index in [1.54, 1.807) is 11.1 Å². The van der Waals surface area contributed by atoms with E-state index in [0.29, 0.717) is 26.3 Å². The monoisotopic (exact) mass is 331 g/mol. The summed E-state index contributed by atoms with van der Waals surface area (Å²) in [6.07, 6.45) is 2.72. The highest BCUT2D eigenvalue weighted by molar-refractivity contribution is 5.83. The summed E-state index contributed by atoms with van der Waals surface area (Å²) < 4.78 is 19.3. The molecule has 0 aliphatic carbocycles. The number of morpholine rings is 1. The number of halogens is 1. The molecule has 0 amide bonds. The van der Waals surface area contributed by atoms with Crippen molar-refractivity contribution in [3.05, 3.63) is 59.7 Å². The van der Waals surface area contributed by atoms with Gasteiger partial charge in [-0.2, -0.15) is 10.1 Å². The molecule has 0 aromatic heterocycles. The number of aryl methyl sites for hydroxylation is 1. The van der Waals surface area contributed by atoms with E-state index in [0.717, 1.165) is 11.6 Å². The molecule has 128 valence electrons. The second-order valence-electron chi connectivity index (χ2n) is 5.25. The van der Waals surface area contributed by atoms with Gasteiger partial charge in [0.1, 0.15) is 0 Å². The van der Waals surface area contributed by atoms with E-state index in [1.807, 2.05) is 31.2 Å². The number of hydrogen-bond donors (Lipinski definition) is 2. The molecule has 6 nitrogen and oxygen atoms in total. The maximum atomic E-state index is 14.0. The Morgan fingerprint density at radius 3 is 2.62 bits per heavy atom. The van der Waals surface area contributed by atoms with Crippen LogP contribution >= 0.6 is 0 Å². The Labute approximate surface area is 141 Å². The van der Waals surface area contributed by atoms with Crippen molar-refractivity contribution >= 4 is 12.2 Å². The van der Waals surface area contributed by atoms with E-state index >= 15 is 0 Å². The SMILES string of the molecule is C=C/C(F)=C(\N=C(N)N/N=C/c1ccc(C)cc1)N1CCOCC1. The molecule has 2 rings (SSSR count). The van der Waals surface area contributed by atoms with Crippen molar-refractivity contribution in [2.24, 2.45) is 15.8 Å². The normalized spacial score (nSPS) is 16.9. The first-order chi connectivity index (χ1) is 11.6. The first-order valence-electron chi connectivity index (χ1n) is 7.65. The van der Waals surface area contributed by atoms with Gasteiger partial charge in [0, 0.05) is 13.1 Å². The summed E-state index contributed by atoms with van der Waals surface area (Å²) in [6.45, 7) is 7.57. The first kappa shape index (κ1) is 17.7. The molecule has 1 heterocycles. The Balaban J connectivity index is 2.05. The zero-order valence-electron chi connectivity index (χ0n) is 13.7. The zero-order chi connectivity index (χ0) is 17.4. The van der Waals surface area contributed by atoms with E-state index < -0.39 is 5.83 Å². The fourth-order valence-electron chi connectivity index (χ4n) is 2.11. The van der Waals surface area contributed by atoms with Crippen LogP contribution in [-0.2, 0) is 4.74 Å². The summed E-state index contributed by atoms with van der Waals surface area (Å²) in [7, 11) is 0. The van der Waals surface area contributed by atoms with Crippen LogP contribution in [0.2, 0.25) is 0 Å². The highest BCUT2D eigenvalue weighted by atomic mass is 19.1. The van der Waals surface area contributed by atoms with Crippen molar-refractivity contribution in [3.63, 3.8) is 0 Å². The number of nitrogens with one attached hydrogen (secondary N) is 1. The van der Waals surface area contributed by atoms with Gasteiger partial charge in [-0.25, -0.2) is 9.82 Å². The number of nitrogens with zero attached hydrogens (tertiary/aromatic N) is 3. The van der Waals surface area contributed by atoms with Gasteiger partial charge < -0.3 is 15.4 Å². The number of allylic oxidation sites excluding steroid dienone is 2. The Morgan fingerprint density at radius 1 is 1.33 bits per heavy atom. The largest absolute Gasteiger partial charge is 0.378 e. The van der Waals surface area contributed by atoms with Gasteiger partial charge in [0.05, 0.1) is 19.4 Å². The van der Waals surface area contributed by atoms with Gasteiger partial charge in [0.25, 0.3) is 0 Å². The lowest BCUT2D eigenvalue weighted by Crippen LogP contribution is -2.37. The van der Waals surface area contributed by atoms with Crippen LogP contribution in [0.15, 0.2) is 58.7 Å². The molecule has 1 aromatic carbocycles. The smallest absolute Gasteiger partial charge is 0.216 e. The molecule has 1 aliphatic rings.